The summed E-state index contributed by atoms with van der Waals surface area (Å²) >= 11 is 0. The number of aliphatic hydroxyl groups excluding tert-OH is 1. The number of hydrogen-bond acceptors (Lipinski definition) is 7. The fourth-order valence-electron chi connectivity index (χ4n) is 4.44. The van der Waals surface area contributed by atoms with Gasteiger partial charge in [-0.2, -0.15) is 0 Å². The van der Waals surface area contributed by atoms with Crippen LogP contribution in [0.2, 0.25) is 0 Å². The minimum Gasteiger partial charge on any atom is -0.385 e. The molecule has 2 aliphatic rings. The number of Topliss-reactive ketones (excluding diaryl/α,β-unsaturated/α-hetero) is 1. The zero-order valence-corrected chi connectivity index (χ0v) is 19.6. The first-order valence-electron chi connectivity index (χ1n) is 11.8. The van der Waals surface area contributed by atoms with E-state index in [1.807, 2.05) is 4.90 Å². The van der Waals surface area contributed by atoms with Crippen LogP contribution in [0.1, 0.15) is 53.3 Å². The molecule has 9 nitrogen and oxygen atoms in total. The van der Waals surface area contributed by atoms with Crippen LogP contribution in [0.3, 0.4) is 0 Å². The molecule has 35 heavy (non-hydrogen) atoms. The smallest absolute Gasteiger partial charge is 0.255 e. The van der Waals surface area contributed by atoms with E-state index in [0.29, 0.717) is 38.2 Å². The normalized spacial score (nSPS) is 18.0. The van der Waals surface area contributed by atoms with E-state index in [1.54, 1.807) is 24.3 Å². The van der Waals surface area contributed by atoms with E-state index >= 15 is 0 Å². The van der Waals surface area contributed by atoms with Gasteiger partial charge in [-0.1, -0.05) is 6.07 Å². The molecule has 5 N–H and O–H groups in total. The largest absolute Gasteiger partial charge is 0.385 e. The van der Waals surface area contributed by atoms with Crippen molar-refractivity contribution in [1.29, 1.82) is 0 Å². The van der Waals surface area contributed by atoms with Crippen LogP contribution in [0.5, 0.6) is 0 Å². The van der Waals surface area contributed by atoms with Crippen molar-refractivity contribution in [3.63, 3.8) is 0 Å². The summed E-state index contributed by atoms with van der Waals surface area (Å²) < 4.78 is 14.4. The van der Waals surface area contributed by atoms with E-state index in [4.69, 9.17) is 5.73 Å². The lowest BCUT2D eigenvalue weighted by atomic mass is 9.94. The number of nitrogens with one attached hydrogen (secondary N) is 2. The molecule has 1 aliphatic heterocycles. The van der Waals surface area contributed by atoms with Gasteiger partial charge in [0.25, 0.3) is 5.91 Å². The van der Waals surface area contributed by atoms with Crippen molar-refractivity contribution in [2.24, 2.45) is 5.92 Å². The number of carbonyl (C=O) groups excluding carboxylic acids is 3. The van der Waals surface area contributed by atoms with E-state index in [-0.39, 0.29) is 28.8 Å². The summed E-state index contributed by atoms with van der Waals surface area (Å²) in [6.07, 6.45) is 2.81. The van der Waals surface area contributed by atoms with Crippen molar-refractivity contribution in [2.75, 3.05) is 30.3 Å². The molecule has 2 fully saturated rings. The van der Waals surface area contributed by atoms with Gasteiger partial charge in [0.2, 0.25) is 5.91 Å². The Morgan fingerprint density at radius 2 is 1.94 bits per heavy atom. The molecule has 0 radical (unpaired) electrons. The number of aromatic nitrogens is 1. The number of piperidine rings is 1. The molecule has 1 atom stereocenters. The van der Waals surface area contributed by atoms with Crippen molar-refractivity contribution in [3.8, 4) is 0 Å². The van der Waals surface area contributed by atoms with Crippen molar-refractivity contribution in [3.05, 3.63) is 53.5 Å². The number of benzene rings is 1. The predicted octanol–water partition coefficient (Wildman–Crippen LogP) is 1.66. The summed E-state index contributed by atoms with van der Waals surface area (Å²) in [7, 11) is 0. The van der Waals surface area contributed by atoms with Crippen molar-refractivity contribution >= 4 is 29.1 Å². The predicted molar refractivity (Wildman–Crippen MR) is 128 cm³/mol. The second-order valence-electron chi connectivity index (χ2n) is 9.29. The molecule has 0 spiro atoms. The van der Waals surface area contributed by atoms with Crippen molar-refractivity contribution in [1.82, 2.24) is 15.6 Å². The van der Waals surface area contributed by atoms with Crippen LogP contribution in [0.25, 0.3) is 0 Å². The molecule has 2 heterocycles. The highest BCUT2D eigenvalue weighted by atomic mass is 19.1. The van der Waals surface area contributed by atoms with Gasteiger partial charge < -0.3 is 26.4 Å². The van der Waals surface area contributed by atoms with Crippen LogP contribution in [-0.2, 0) is 4.79 Å². The molecule has 4 rings (SSSR count). The molecule has 1 aromatic carbocycles. The average molecular weight is 484 g/mol. The number of anilines is 2. The van der Waals surface area contributed by atoms with Crippen LogP contribution < -0.4 is 21.3 Å². The van der Waals surface area contributed by atoms with E-state index in [2.05, 4.69) is 15.6 Å². The second kappa shape index (κ2) is 9.99. The SMILES string of the molecule is CC(O)C(=O)c1c(F)cccc1N1CCC(CNC(=O)C2(NC(=O)c3cccnc3N)CC2)CC1. The van der Waals surface area contributed by atoms with E-state index < -0.39 is 29.2 Å². The zero-order valence-electron chi connectivity index (χ0n) is 19.6. The Labute approximate surface area is 202 Å². The fraction of sp³-hybridized carbons (Fsp3) is 0.440. The average Bonchev–Trinajstić information content (AvgIpc) is 3.63. The standard InChI is InChI=1S/C25H30FN5O4/c1-15(32)21(33)20-18(26)5-2-6-19(20)31-12-7-16(8-13-31)14-29-24(35)25(9-10-25)30-23(34)17-4-3-11-28-22(17)27/h2-6,11,15-16,32H,7-10,12-14H2,1H3,(H2,27,28)(H,29,35)(H,30,34). The highest BCUT2D eigenvalue weighted by Gasteiger charge is 2.51. The molecule has 1 unspecified atom stereocenters. The summed E-state index contributed by atoms with van der Waals surface area (Å²) in [6.45, 7) is 2.97. The maximum absolute atomic E-state index is 14.4. The van der Waals surface area contributed by atoms with Crippen LogP contribution in [0.15, 0.2) is 36.5 Å². The quantitative estimate of drug-likeness (QED) is 0.419. The van der Waals surface area contributed by atoms with Gasteiger partial charge in [0.15, 0.2) is 5.78 Å². The summed E-state index contributed by atoms with van der Waals surface area (Å²) in [5.74, 6) is -1.60. The molecule has 186 valence electrons. The number of hydrogen-bond donors (Lipinski definition) is 4. The van der Waals surface area contributed by atoms with Gasteiger partial charge in [-0.3, -0.25) is 14.4 Å². The summed E-state index contributed by atoms with van der Waals surface area (Å²) in [5.41, 5.74) is 5.48. The summed E-state index contributed by atoms with van der Waals surface area (Å²) in [5, 5.41) is 15.5. The number of nitrogens with zero attached hydrogens (tertiary/aromatic N) is 2. The van der Waals surface area contributed by atoms with Gasteiger partial charge in [-0.05, 0) is 62.8 Å². The van der Waals surface area contributed by atoms with Crippen LogP contribution in [-0.4, -0.2) is 59.0 Å². The number of amides is 2. The van der Waals surface area contributed by atoms with Crippen molar-refractivity contribution < 1.29 is 23.9 Å². The Bertz CT molecular complexity index is 1130. The van der Waals surface area contributed by atoms with Gasteiger partial charge in [0.1, 0.15) is 23.3 Å². The third-order valence-corrected chi connectivity index (χ3v) is 6.74. The lowest BCUT2D eigenvalue weighted by Gasteiger charge is -2.35. The maximum Gasteiger partial charge on any atom is 0.255 e. The highest BCUT2D eigenvalue weighted by molar-refractivity contribution is 6.04. The molecular weight excluding hydrogens is 453 g/mol. The molecule has 2 aromatic rings. The number of carbonyl (C=O) groups is 3. The third kappa shape index (κ3) is 5.27. The Balaban J connectivity index is 1.31. The van der Waals surface area contributed by atoms with Crippen LogP contribution in [0, 0.1) is 11.7 Å². The number of nitrogens with two attached hydrogens (primary N) is 1. The first-order chi connectivity index (χ1) is 16.7. The lowest BCUT2D eigenvalue weighted by Crippen LogP contribution is -2.50. The van der Waals surface area contributed by atoms with Gasteiger partial charge in [-0.15, -0.1) is 0 Å². The van der Waals surface area contributed by atoms with Gasteiger partial charge in [0.05, 0.1) is 16.8 Å². The number of nitrogen functional groups attached to an aromatic ring is 1. The summed E-state index contributed by atoms with van der Waals surface area (Å²) in [4.78, 5) is 43.6. The second-order valence-corrected chi connectivity index (χ2v) is 9.29. The van der Waals surface area contributed by atoms with Crippen LogP contribution in [0.4, 0.5) is 15.9 Å². The molecule has 1 saturated carbocycles. The Kier molecular flexibility index (Phi) is 7.02. The maximum atomic E-state index is 14.4. The molecule has 10 heteroatoms. The first kappa shape index (κ1) is 24.6. The first-order valence-corrected chi connectivity index (χ1v) is 11.8. The number of aliphatic hydroxyl groups is 1. The Hall–Kier alpha value is -3.53. The number of rotatable bonds is 8. The minimum absolute atomic E-state index is 0.0880. The third-order valence-electron chi connectivity index (χ3n) is 6.74. The molecule has 1 saturated heterocycles. The van der Waals surface area contributed by atoms with Gasteiger partial charge in [0, 0.05) is 25.8 Å². The minimum atomic E-state index is -1.29. The number of pyridine rings is 1. The topological polar surface area (TPSA) is 138 Å². The molecule has 1 aliphatic carbocycles. The van der Waals surface area contributed by atoms with Gasteiger partial charge in [-0.25, -0.2) is 9.37 Å². The molecular formula is C25H30FN5O4. The number of halogens is 1. The zero-order chi connectivity index (χ0) is 25.2. The molecule has 2 amide bonds. The highest BCUT2D eigenvalue weighted by Crippen LogP contribution is 2.36. The summed E-state index contributed by atoms with van der Waals surface area (Å²) in [6, 6.07) is 7.65. The van der Waals surface area contributed by atoms with E-state index in [0.717, 1.165) is 12.8 Å². The molecule has 1 aromatic heterocycles. The van der Waals surface area contributed by atoms with Crippen molar-refractivity contribution in [2.45, 2.75) is 44.2 Å². The van der Waals surface area contributed by atoms with Crippen LogP contribution >= 0.6 is 0 Å². The van der Waals surface area contributed by atoms with Gasteiger partial charge >= 0.3 is 0 Å². The Morgan fingerprint density at radius 1 is 1.23 bits per heavy atom. The Morgan fingerprint density at radius 3 is 2.57 bits per heavy atom. The van der Waals surface area contributed by atoms with E-state index in [9.17, 15) is 23.9 Å². The lowest BCUT2D eigenvalue weighted by molar-refractivity contribution is -0.124. The monoisotopic (exact) mass is 483 g/mol. The number of ketones is 1. The van der Waals surface area contributed by atoms with E-state index in [1.165, 1.54) is 19.2 Å². The fourth-order valence-corrected chi connectivity index (χ4v) is 4.44. The molecule has 0 bridgehead atoms.